The molecular formula is C20H20N4O4. The average Bonchev–Trinajstić information content (AvgIpc) is 3.35. The number of aryl methyl sites for hydroxylation is 1. The number of fused-ring (bicyclic) bond motifs is 1. The van der Waals surface area contributed by atoms with Crippen LogP contribution < -0.4 is 5.32 Å². The van der Waals surface area contributed by atoms with E-state index in [1.807, 2.05) is 18.2 Å². The van der Waals surface area contributed by atoms with Crippen LogP contribution in [0.5, 0.6) is 0 Å². The summed E-state index contributed by atoms with van der Waals surface area (Å²) >= 11 is 0. The summed E-state index contributed by atoms with van der Waals surface area (Å²) in [6.07, 6.45) is 3.19. The number of aromatic nitrogens is 3. The predicted molar refractivity (Wildman–Crippen MR) is 99.1 cm³/mol. The zero-order valence-electron chi connectivity index (χ0n) is 15.4. The number of rotatable bonds is 6. The van der Waals surface area contributed by atoms with Crippen LogP contribution in [0.15, 0.2) is 41.1 Å². The zero-order valence-corrected chi connectivity index (χ0v) is 15.4. The smallest absolute Gasteiger partial charge is 0.270 e. The lowest BCUT2D eigenvalue weighted by molar-refractivity contribution is 0.0931. The highest BCUT2D eigenvalue weighted by Crippen LogP contribution is 2.33. The monoisotopic (exact) mass is 380 g/mol. The van der Waals surface area contributed by atoms with Crippen LogP contribution in [0.3, 0.4) is 0 Å². The first-order valence-corrected chi connectivity index (χ1v) is 8.99. The molecule has 0 spiro atoms. The molecule has 1 unspecified atom stereocenters. The van der Waals surface area contributed by atoms with Crippen molar-refractivity contribution in [1.82, 2.24) is 20.4 Å². The van der Waals surface area contributed by atoms with Crippen molar-refractivity contribution >= 4 is 5.91 Å². The second-order valence-corrected chi connectivity index (χ2v) is 6.63. The van der Waals surface area contributed by atoms with E-state index >= 15 is 0 Å². The number of carbonyl (C=O) groups excluding carboxylic acids is 1. The van der Waals surface area contributed by atoms with Crippen LogP contribution in [0, 0.1) is 0 Å². The predicted octanol–water partition coefficient (Wildman–Crippen LogP) is 2.19. The molecule has 1 aromatic carbocycles. The Hall–Kier alpha value is -3.10. The van der Waals surface area contributed by atoms with Crippen molar-refractivity contribution in [2.75, 3.05) is 7.11 Å². The van der Waals surface area contributed by atoms with Gasteiger partial charge in [-0.2, -0.15) is 4.98 Å². The number of methoxy groups -OCH3 is 1. The van der Waals surface area contributed by atoms with Crippen LogP contribution in [-0.2, 0) is 24.4 Å². The lowest BCUT2D eigenvalue weighted by Crippen LogP contribution is -2.28. The van der Waals surface area contributed by atoms with Gasteiger partial charge in [0.25, 0.3) is 11.8 Å². The Labute approximate surface area is 161 Å². The normalized spacial score (nSPS) is 15.4. The van der Waals surface area contributed by atoms with Gasteiger partial charge in [-0.15, -0.1) is 0 Å². The molecule has 2 aromatic heterocycles. The molecule has 0 radical (unpaired) electrons. The number of pyridine rings is 1. The van der Waals surface area contributed by atoms with E-state index < -0.39 is 0 Å². The van der Waals surface area contributed by atoms with E-state index in [-0.39, 0.29) is 25.2 Å². The lowest BCUT2D eigenvalue weighted by atomic mass is 10.0. The van der Waals surface area contributed by atoms with Crippen LogP contribution in [0.2, 0.25) is 0 Å². The van der Waals surface area contributed by atoms with E-state index in [2.05, 4.69) is 20.4 Å². The Balaban J connectivity index is 1.50. The number of hydrogen-bond acceptors (Lipinski definition) is 7. The fourth-order valence-corrected chi connectivity index (χ4v) is 3.39. The summed E-state index contributed by atoms with van der Waals surface area (Å²) < 4.78 is 10.2. The van der Waals surface area contributed by atoms with Crippen molar-refractivity contribution < 1.29 is 19.2 Å². The van der Waals surface area contributed by atoms with E-state index in [4.69, 9.17) is 9.26 Å². The molecule has 4 rings (SSSR count). The van der Waals surface area contributed by atoms with Crippen LogP contribution >= 0.6 is 0 Å². The summed E-state index contributed by atoms with van der Waals surface area (Å²) in [6, 6.07) is 9.15. The Bertz CT molecular complexity index is 1000. The largest absolute Gasteiger partial charge is 0.392 e. The van der Waals surface area contributed by atoms with Gasteiger partial charge in [-0.25, -0.2) is 0 Å². The number of nitrogens with one attached hydrogen (secondary N) is 1. The number of hydrogen-bond donors (Lipinski definition) is 2. The van der Waals surface area contributed by atoms with Crippen LogP contribution in [0.1, 0.15) is 45.5 Å². The van der Waals surface area contributed by atoms with Crippen molar-refractivity contribution in [3.8, 4) is 11.4 Å². The minimum atomic E-state index is -0.250. The summed E-state index contributed by atoms with van der Waals surface area (Å²) in [5.41, 5.74) is 4.06. The van der Waals surface area contributed by atoms with E-state index in [0.717, 1.165) is 29.5 Å². The fraction of sp³-hybridized carbons (Fsp3) is 0.300. The average molecular weight is 380 g/mol. The third kappa shape index (κ3) is 3.64. The fourth-order valence-electron chi connectivity index (χ4n) is 3.39. The Morgan fingerprint density at radius 3 is 3.07 bits per heavy atom. The molecular weight excluding hydrogens is 360 g/mol. The van der Waals surface area contributed by atoms with Gasteiger partial charge in [-0.3, -0.25) is 9.78 Å². The van der Waals surface area contributed by atoms with Gasteiger partial charge < -0.3 is 19.7 Å². The maximum absolute atomic E-state index is 12.5. The molecule has 0 fully saturated rings. The van der Waals surface area contributed by atoms with Gasteiger partial charge >= 0.3 is 0 Å². The van der Waals surface area contributed by atoms with Gasteiger partial charge in [-0.1, -0.05) is 17.3 Å². The third-order valence-corrected chi connectivity index (χ3v) is 4.76. The van der Waals surface area contributed by atoms with E-state index in [9.17, 15) is 9.90 Å². The number of ether oxygens (including phenoxy) is 1. The molecule has 1 aliphatic rings. The minimum absolute atomic E-state index is 0.0783. The van der Waals surface area contributed by atoms with Crippen LogP contribution in [0.25, 0.3) is 11.4 Å². The van der Waals surface area contributed by atoms with Crippen molar-refractivity contribution in [3.63, 3.8) is 0 Å². The Morgan fingerprint density at radius 2 is 2.25 bits per heavy atom. The molecule has 2 N–H and O–H groups in total. The second kappa shape index (κ2) is 7.87. The molecule has 0 aliphatic heterocycles. The lowest BCUT2D eigenvalue weighted by Gasteiger charge is -2.14. The van der Waals surface area contributed by atoms with E-state index in [1.54, 1.807) is 19.2 Å². The third-order valence-electron chi connectivity index (χ3n) is 4.76. The quantitative estimate of drug-likeness (QED) is 0.674. The van der Waals surface area contributed by atoms with Crippen molar-refractivity contribution in [1.29, 1.82) is 0 Å². The molecule has 1 aliphatic carbocycles. The molecule has 1 atom stereocenters. The summed E-state index contributed by atoms with van der Waals surface area (Å²) in [5.74, 6) is 0.702. The van der Waals surface area contributed by atoms with Gasteiger partial charge in [-0.05, 0) is 47.7 Å². The molecule has 1 amide bonds. The van der Waals surface area contributed by atoms with E-state index in [1.165, 1.54) is 6.20 Å². The number of nitrogens with zero attached hydrogens (tertiary/aromatic N) is 3. The molecule has 3 aromatic rings. The highest BCUT2D eigenvalue weighted by Gasteiger charge is 2.25. The van der Waals surface area contributed by atoms with Gasteiger partial charge in [0, 0.05) is 18.9 Å². The van der Waals surface area contributed by atoms with Crippen LogP contribution in [-0.4, -0.2) is 33.2 Å². The summed E-state index contributed by atoms with van der Waals surface area (Å²) in [5, 5.41) is 16.2. The Morgan fingerprint density at radius 1 is 1.36 bits per heavy atom. The maximum Gasteiger partial charge on any atom is 0.270 e. The van der Waals surface area contributed by atoms with E-state index in [0.29, 0.717) is 23.0 Å². The number of benzene rings is 1. The number of aliphatic hydroxyl groups excluding tert-OH is 1. The first-order chi connectivity index (χ1) is 13.7. The number of amides is 1. The highest BCUT2D eigenvalue weighted by molar-refractivity contribution is 5.92. The van der Waals surface area contributed by atoms with Crippen LogP contribution in [0.4, 0.5) is 0 Å². The van der Waals surface area contributed by atoms with Gasteiger partial charge in [0.1, 0.15) is 12.3 Å². The molecule has 0 bridgehead atoms. The van der Waals surface area contributed by atoms with Gasteiger partial charge in [0.05, 0.1) is 12.6 Å². The Kier molecular flexibility index (Phi) is 5.14. The molecule has 8 nitrogen and oxygen atoms in total. The molecule has 28 heavy (non-hydrogen) atoms. The highest BCUT2D eigenvalue weighted by atomic mass is 16.5. The second-order valence-electron chi connectivity index (χ2n) is 6.63. The minimum Gasteiger partial charge on any atom is -0.392 e. The van der Waals surface area contributed by atoms with Gasteiger partial charge in [0.2, 0.25) is 5.82 Å². The van der Waals surface area contributed by atoms with Gasteiger partial charge in [0.15, 0.2) is 0 Å². The van der Waals surface area contributed by atoms with Crippen molar-refractivity contribution in [3.05, 3.63) is 64.8 Å². The maximum atomic E-state index is 12.5. The SMILES string of the molecule is COCc1nc(-c2ccc3c(c2)CCC3NC(=O)c2cc(CO)ccn2)no1. The summed E-state index contributed by atoms with van der Waals surface area (Å²) in [6.45, 7) is 0.150. The number of aliphatic hydroxyl groups is 1. The molecule has 8 heteroatoms. The van der Waals surface area contributed by atoms with Crippen molar-refractivity contribution in [2.24, 2.45) is 0 Å². The molecule has 2 heterocycles. The first kappa shape index (κ1) is 18.3. The summed E-state index contributed by atoms with van der Waals surface area (Å²) in [4.78, 5) is 20.9. The summed E-state index contributed by atoms with van der Waals surface area (Å²) in [7, 11) is 1.57. The molecule has 0 saturated heterocycles. The molecule has 0 saturated carbocycles. The molecule has 144 valence electrons. The standard InChI is InChI=1S/C20H20N4O4/c1-27-11-18-23-19(24-28-18)14-2-4-15-13(9-14)3-5-16(15)22-20(26)17-8-12(10-25)6-7-21-17/h2,4,6-9,16,25H,3,5,10-11H2,1H3,(H,22,26). The zero-order chi connectivity index (χ0) is 19.5. The topological polar surface area (TPSA) is 110 Å². The first-order valence-electron chi connectivity index (χ1n) is 8.99. The van der Waals surface area contributed by atoms with Crippen molar-refractivity contribution in [2.45, 2.75) is 32.1 Å². The number of carbonyl (C=O) groups is 1.